The molecule has 0 spiro atoms. The number of anilines is 1. The number of rotatable bonds is 6. The van der Waals surface area contributed by atoms with Crippen molar-refractivity contribution in [2.24, 2.45) is 0 Å². The third-order valence-electron chi connectivity index (χ3n) is 4.06. The Kier molecular flexibility index (Phi) is 6.82. The number of ether oxygens (including phenoxy) is 2. The van der Waals surface area contributed by atoms with E-state index in [1.807, 2.05) is 63.2 Å². The maximum absolute atomic E-state index is 12.5. The van der Waals surface area contributed by atoms with Gasteiger partial charge in [0.2, 0.25) is 0 Å². The van der Waals surface area contributed by atoms with Gasteiger partial charge < -0.3 is 19.7 Å². The van der Waals surface area contributed by atoms with E-state index in [4.69, 9.17) is 9.47 Å². The normalized spacial score (nSPS) is 20.3. The van der Waals surface area contributed by atoms with Crippen molar-refractivity contribution in [3.05, 3.63) is 41.5 Å². The lowest BCUT2D eigenvalue weighted by atomic mass is 10.1. The minimum atomic E-state index is -0.120. The molecule has 1 N–H and O–H groups in total. The highest BCUT2D eigenvalue weighted by Crippen LogP contribution is 2.15. The number of nitrogens with zero attached hydrogens (tertiary/aromatic N) is 1. The molecule has 1 amide bonds. The van der Waals surface area contributed by atoms with Crippen LogP contribution in [0.2, 0.25) is 0 Å². The maximum atomic E-state index is 12.5. The number of benzene rings is 1. The van der Waals surface area contributed by atoms with Crippen molar-refractivity contribution in [1.82, 2.24) is 5.32 Å². The van der Waals surface area contributed by atoms with Crippen molar-refractivity contribution in [2.45, 2.75) is 32.4 Å². The Balaban J connectivity index is 1.95. The van der Waals surface area contributed by atoms with E-state index in [2.05, 4.69) is 5.32 Å². The van der Waals surface area contributed by atoms with Crippen LogP contribution in [-0.2, 0) is 9.47 Å². The summed E-state index contributed by atoms with van der Waals surface area (Å²) in [6.07, 6.45) is 2.83. The fourth-order valence-corrected chi connectivity index (χ4v) is 2.55. The van der Waals surface area contributed by atoms with E-state index in [1.165, 1.54) is 5.57 Å². The smallest absolute Gasteiger partial charge is 0.251 e. The van der Waals surface area contributed by atoms with Crippen LogP contribution in [0, 0.1) is 0 Å². The quantitative estimate of drug-likeness (QED) is 0.814. The first-order chi connectivity index (χ1) is 11.5. The largest absolute Gasteiger partial charge is 0.379 e. The van der Waals surface area contributed by atoms with Gasteiger partial charge in [-0.05, 0) is 44.5 Å². The van der Waals surface area contributed by atoms with E-state index < -0.39 is 0 Å². The van der Waals surface area contributed by atoms with E-state index >= 15 is 0 Å². The topological polar surface area (TPSA) is 50.8 Å². The highest BCUT2D eigenvalue weighted by atomic mass is 16.5. The zero-order valence-corrected chi connectivity index (χ0v) is 15.0. The zero-order chi connectivity index (χ0) is 17.5. The standard InChI is InChI=1S/C19H28N2O3/c1-14(2)9-12-24-18-10-11-23-13-17(18)20-19(22)15-5-7-16(8-6-15)21(3)4/h5-9,17-18H,10-13H2,1-4H3,(H,20,22)/t17-,18+/m1/s1. The van der Waals surface area contributed by atoms with Crippen LogP contribution in [0.25, 0.3) is 0 Å². The van der Waals surface area contributed by atoms with Gasteiger partial charge in [-0.15, -0.1) is 0 Å². The third kappa shape index (κ3) is 5.35. The summed E-state index contributed by atoms with van der Waals surface area (Å²) in [5, 5.41) is 3.05. The summed E-state index contributed by atoms with van der Waals surface area (Å²) >= 11 is 0. The molecule has 0 radical (unpaired) electrons. The Morgan fingerprint density at radius 1 is 1.33 bits per heavy atom. The van der Waals surface area contributed by atoms with Gasteiger partial charge in [0.25, 0.3) is 5.91 Å². The molecule has 2 rings (SSSR count). The summed E-state index contributed by atoms with van der Waals surface area (Å²) in [4.78, 5) is 14.5. The molecule has 132 valence electrons. The predicted molar refractivity (Wildman–Crippen MR) is 96.6 cm³/mol. The molecule has 1 aromatic carbocycles. The van der Waals surface area contributed by atoms with E-state index in [-0.39, 0.29) is 18.1 Å². The molecule has 2 atom stereocenters. The second-order valence-electron chi connectivity index (χ2n) is 6.54. The number of amides is 1. The van der Waals surface area contributed by atoms with Crippen molar-refractivity contribution < 1.29 is 14.3 Å². The molecular formula is C19H28N2O3. The highest BCUT2D eigenvalue weighted by molar-refractivity contribution is 5.94. The van der Waals surface area contributed by atoms with E-state index in [0.717, 1.165) is 12.1 Å². The molecular weight excluding hydrogens is 304 g/mol. The summed E-state index contributed by atoms with van der Waals surface area (Å²) in [5.41, 5.74) is 2.94. The average Bonchev–Trinajstić information content (AvgIpc) is 2.56. The first kappa shape index (κ1) is 18.5. The van der Waals surface area contributed by atoms with Crippen molar-refractivity contribution >= 4 is 11.6 Å². The van der Waals surface area contributed by atoms with Crippen LogP contribution < -0.4 is 10.2 Å². The van der Waals surface area contributed by atoms with Crippen LogP contribution in [0.4, 0.5) is 5.69 Å². The van der Waals surface area contributed by atoms with Crippen molar-refractivity contribution in [3.8, 4) is 0 Å². The monoisotopic (exact) mass is 332 g/mol. The number of carbonyl (C=O) groups excluding carboxylic acids is 1. The third-order valence-corrected chi connectivity index (χ3v) is 4.06. The van der Waals surface area contributed by atoms with Gasteiger partial charge >= 0.3 is 0 Å². The molecule has 1 aliphatic heterocycles. The number of carbonyl (C=O) groups is 1. The van der Waals surface area contributed by atoms with Crippen LogP contribution in [0.5, 0.6) is 0 Å². The fourth-order valence-electron chi connectivity index (χ4n) is 2.55. The number of hydrogen-bond acceptors (Lipinski definition) is 4. The summed E-state index contributed by atoms with van der Waals surface area (Å²) < 4.78 is 11.4. The summed E-state index contributed by atoms with van der Waals surface area (Å²) in [6, 6.07) is 7.44. The molecule has 0 aromatic heterocycles. The first-order valence-electron chi connectivity index (χ1n) is 8.38. The second kappa shape index (κ2) is 8.85. The van der Waals surface area contributed by atoms with Crippen LogP contribution in [0.15, 0.2) is 35.9 Å². The Bertz CT molecular complexity index is 562. The van der Waals surface area contributed by atoms with Crippen molar-refractivity contribution in [2.75, 3.05) is 38.8 Å². The first-order valence-corrected chi connectivity index (χ1v) is 8.38. The Morgan fingerprint density at radius 3 is 2.67 bits per heavy atom. The molecule has 0 saturated carbocycles. The lowest BCUT2D eigenvalue weighted by molar-refractivity contribution is -0.0457. The van der Waals surface area contributed by atoms with Gasteiger partial charge in [-0.3, -0.25) is 4.79 Å². The molecule has 0 aliphatic carbocycles. The van der Waals surface area contributed by atoms with Crippen LogP contribution in [-0.4, -0.2) is 52.0 Å². The Hall–Kier alpha value is -1.85. The molecule has 1 saturated heterocycles. The molecule has 1 aliphatic rings. The Morgan fingerprint density at radius 2 is 2.04 bits per heavy atom. The molecule has 1 aromatic rings. The van der Waals surface area contributed by atoms with Gasteiger partial charge in [-0.2, -0.15) is 0 Å². The Labute approximate surface area is 144 Å². The van der Waals surface area contributed by atoms with E-state index in [0.29, 0.717) is 25.4 Å². The minimum Gasteiger partial charge on any atom is -0.379 e. The average molecular weight is 332 g/mol. The van der Waals surface area contributed by atoms with Crippen LogP contribution in [0.3, 0.4) is 0 Å². The van der Waals surface area contributed by atoms with Gasteiger partial charge in [0.15, 0.2) is 0 Å². The molecule has 0 unspecified atom stereocenters. The van der Waals surface area contributed by atoms with Gasteiger partial charge in [-0.25, -0.2) is 0 Å². The molecule has 1 heterocycles. The lowest BCUT2D eigenvalue weighted by Gasteiger charge is -2.32. The molecule has 1 fully saturated rings. The van der Waals surface area contributed by atoms with Crippen LogP contribution in [0.1, 0.15) is 30.6 Å². The highest BCUT2D eigenvalue weighted by Gasteiger charge is 2.28. The number of allylic oxidation sites excluding steroid dienone is 1. The van der Waals surface area contributed by atoms with Gasteiger partial charge in [0.05, 0.1) is 25.4 Å². The predicted octanol–water partition coefficient (Wildman–Crippen LogP) is 2.62. The zero-order valence-electron chi connectivity index (χ0n) is 15.0. The molecule has 0 bridgehead atoms. The number of hydrogen-bond donors (Lipinski definition) is 1. The second-order valence-corrected chi connectivity index (χ2v) is 6.54. The maximum Gasteiger partial charge on any atom is 0.251 e. The minimum absolute atomic E-state index is 0.0145. The molecule has 5 heteroatoms. The fraction of sp³-hybridized carbons (Fsp3) is 0.526. The molecule has 24 heavy (non-hydrogen) atoms. The van der Waals surface area contributed by atoms with E-state index in [1.54, 1.807) is 0 Å². The van der Waals surface area contributed by atoms with Crippen molar-refractivity contribution in [3.63, 3.8) is 0 Å². The van der Waals surface area contributed by atoms with Crippen molar-refractivity contribution in [1.29, 1.82) is 0 Å². The van der Waals surface area contributed by atoms with E-state index in [9.17, 15) is 4.79 Å². The van der Waals surface area contributed by atoms with Gasteiger partial charge in [0.1, 0.15) is 0 Å². The summed E-state index contributed by atoms with van der Waals surface area (Å²) in [5.74, 6) is -0.0911. The summed E-state index contributed by atoms with van der Waals surface area (Å²) in [6.45, 7) is 5.81. The number of nitrogens with one attached hydrogen (secondary N) is 1. The van der Waals surface area contributed by atoms with Gasteiger partial charge in [0, 0.05) is 32.0 Å². The van der Waals surface area contributed by atoms with Gasteiger partial charge in [-0.1, -0.05) is 11.6 Å². The summed E-state index contributed by atoms with van der Waals surface area (Å²) in [7, 11) is 3.95. The SMILES string of the molecule is CC(C)=CCO[C@H]1CCOC[C@H]1NC(=O)c1ccc(N(C)C)cc1. The van der Waals surface area contributed by atoms with Crippen LogP contribution >= 0.6 is 0 Å². The molecule has 5 nitrogen and oxygen atoms in total. The lowest BCUT2D eigenvalue weighted by Crippen LogP contribution is -2.50.